The van der Waals surface area contributed by atoms with E-state index in [1.54, 1.807) is 24.3 Å². The first-order chi connectivity index (χ1) is 10.1. The largest absolute Gasteiger partial charge is 0.343 e. The number of carbonyl (C=O) groups excluding carboxylic acids is 2. The molecule has 0 spiro atoms. The fraction of sp³-hybridized carbons (Fsp3) is 0.438. The molecule has 0 bridgehead atoms. The Balaban J connectivity index is 2.28. The van der Waals surface area contributed by atoms with Crippen LogP contribution >= 0.6 is 0 Å². The van der Waals surface area contributed by atoms with E-state index in [-0.39, 0.29) is 18.4 Å². The maximum absolute atomic E-state index is 11.7. The molecule has 5 heteroatoms. The SMILES string of the molecule is CCCCC/C(C)=N/NC(=O)CNC(=O)c1ccccc1. The number of benzene rings is 1. The summed E-state index contributed by atoms with van der Waals surface area (Å²) in [5, 5.41) is 6.57. The van der Waals surface area contributed by atoms with Crippen molar-refractivity contribution in [2.75, 3.05) is 6.54 Å². The van der Waals surface area contributed by atoms with Gasteiger partial charge < -0.3 is 5.32 Å². The molecule has 0 aromatic heterocycles. The highest BCUT2D eigenvalue weighted by molar-refractivity contribution is 5.96. The predicted molar refractivity (Wildman–Crippen MR) is 84.2 cm³/mol. The lowest BCUT2D eigenvalue weighted by atomic mass is 10.1. The van der Waals surface area contributed by atoms with E-state index in [0.29, 0.717) is 5.56 Å². The van der Waals surface area contributed by atoms with Crippen LogP contribution in [0.2, 0.25) is 0 Å². The zero-order valence-electron chi connectivity index (χ0n) is 12.7. The van der Waals surface area contributed by atoms with Gasteiger partial charge in [0.25, 0.3) is 11.8 Å². The Morgan fingerprint density at radius 3 is 2.52 bits per heavy atom. The van der Waals surface area contributed by atoms with Crippen molar-refractivity contribution in [3.63, 3.8) is 0 Å². The lowest BCUT2D eigenvalue weighted by Gasteiger charge is -2.05. The van der Waals surface area contributed by atoms with Crippen LogP contribution in [0.15, 0.2) is 35.4 Å². The number of hydrogen-bond acceptors (Lipinski definition) is 3. The van der Waals surface area contributed by atoms with E-state index in [0.717, 1.165) is 31.4 Å². The van der Waals surface area contributed by atoms with Gasteiger partial charge in [0.05, 0.1) is 6.54 Å². The highest BCUT2D eigenvalue weighted by Crippen LogP contribution is 2.00. The summed E-state index contributed by atoms with van der Waals surface area (Å²) in [7, 11) is 0. The number of nitrogens with one attached hydrogen (secondary N) is 2. The maximum Gasteiger partial charge on any atom is 0.259 e. The molecule has 0 saturated heterocycles. The van der Waals surface area contributed by atoms with Gasteiger partial charge >= 0.3 is 0 Å². The Morgan fingerprint density at radius 2 is 1.86 bits per heavy atom. The van der Waals surface area contributed by atoms with Gasteiger partial charge in [0.15, 0.2) is 0 Å². The van der Waals surface area contributed by atoms with Gasteiger partial charge in [-0.3, -0.25) is 9.59 Å². The van der Waals surface area contributed by atoms with Gasteiger partial charge in [-0.1, -0.05) is 38.0 Å². The first-order valence-corrected chi connectivity index (χ1v) is 7.28. The fourth-order valence-corrected chi connectivity index (χ4v) is 1.74. The van der Waals surface area contributed by atoms with E-state index >= 15 is 0 Å². The van der Waals surface area contributed by atoms with Crippen LogP contribution in [0.25, 0.3) is 0 Å². The minimum Gasteiger partial charge on any atom is -0.343 e. The zero-order chi connectivity index (χ0) is 15.5. The van der Waals surface area contributed by atoms with Gasteiger partial charge in [-0.25, -0.2) is 5.43 Å². The Kier molecular flexibility index (Phi) is 7.79. The van der Waals surface area contributed by atoms with E-state index in [2.05, 4.69) is 22.8 Å². The van der Waals surface area contributed by atoms with Crippen LogP contribution in [-0.2, 0) is 4.79 Å². The Labute approximate surface area is 125 Å². The molecule has 0 aliphatic heterocycles. The molecule has 114 valence electrons. The second-order valence-corrected chi connectivity index (χ2v) is 4.89. The monoisotopic (exact) mass is 289 g/mol. The molecule has 0 radical (unpaired) electrons. The average Bonchev–Trinajstić information content (AvgIpc) is 2.51. The van der Waals surface area contributed by atoms with Crippen LogP contribution < -0.4 is 10.7 Å². The molecule has 0 saturated carbocycles. The number of hydrazone groups is 1. The van der Waals surface area contributed by atoms with Crippen LogP contribution in [0.1, 0.15) is 49.9 Å². The van der Waals surface area contributed by atoms with E-state index in [9.17, 15) is 9.59 Å². The summed E-state index contributed by atoms with van der Waals surface area (Å²) in [5.41, 5.74) is 3.88. The summed E-state index contributed by atoms with van der Waals surface area (Å²) in [4.78, 5) is 23.3. The van der Waals surface area contributed by atoms with Gasteiger partial charge in [-0.2, -0.15) is 5.10 Å². The maximum atomic E-state index is 11.7. The van der Waals surface area contributed by atoms with Gasteiger partial charge in [0.1, 0.15) is 0 Å². The summed E-state index contributed by atoms with van der Waals surface area (Å²) in [6.07, 6.45) is 4.27. The molecule has 0 atom stereocenters. The van der Waals surface area contributed by atoms with Crippen LogP contribution in [0.3, 0.4) is 0 Å². The summed E-state index contributed by atoms with van der Waals surface area (Å²) in [6, 6.07) is 8.78. The Hall–Kier alpha value is -2.17. The van der Waals surface area contributed by atoms with Crippen LogP contribution in [0, 0.1) is 0 Å². The van der Waals surface area contributed by atoms with Crippen molar-refractivity contribution in [3.8, 4) is 0 Å². The third-order valence-electron chi connectivity index (χ3n) is 2.96. The average molecular weight is 289 g/mol. The molecular weight excluding hydrogens is 266 g/mol. The van der Waals surface area contributed by atoms with Gasteiger partial charge in [0, 0.05) is 11.3 Å². The van der Waals surface area contributed by atoms with Gasteiger partial charge in [-0.05, 0) is 31.9 Å². The normalized spacial score (nSPS) is 11.0. The molecule has 5 nitrogen and oxygen atoms in total. The van der Waals surface area contributed by atoms with E-state index in [1.807, 2.05) is 13.0 Å². The van der Waals surface area contributed by atoms with Crippen LogP contribution in [0.4, 0.5) is 0 Å². The van der Waals surface area contributed by atoms with Crippen molar-refractivity contribution >= 4 is 17.5 Å². The molecule has 0 aliphatic rings. The number of carbonyl (C=O) groups is 2. The minimum atomic E-state index is -0.325. The second kappa shape index (κ2) is 9.69. The zero-order valence-corrected chi connectivity index (χ0v) is 12.7. The first-order valence-electron chi connectivity index (χ1n) is 7.28. The standard InChI is InChI=1S/C16H23N3O2/c1-3-4-6-9-13(2)18-19-15(20)12-17-16(21)14-10-7-5-8-11-14/h5,7-8,10-11H,3-4,6,9,12H2,1-2H3,(H,17,21)(H,19,20)/b18-13+. The van der Waals surface area contributed by atoms with Crippen LogP contribution in [0.5, 0.6) is 0 Å². The molecule has 1 aromatic carbocycles. The quantitative estimate of drug-likeness (QED) is 0.438. The highest BCUT2D eigenvalue weighted by Gasteiger charge is 2.06. The lowest BCUT2D eigenvalue weighted by Crippen LogP contribution is -2.35. The Bertz CT molecular complexity index is 484. The molecule has 0 aliphatic carbocycles. The smallest absolute Gasteiger partial charge is 0.259 e. The Morgan fingerprint density at radius 1 is 1.14 bits per heavy atom. The predicted octanol–water partition coefficient (Wildman–Crippen LogP) is 2.49. The topological polar surface area (TPSA) is 70.6 Å². The number of unbranched alkanes of at least 4 members (excludes halogenated alkanes) is 2. The molecule has 1 aromatic rings. The van der Waals surface area contributed by atoms with E-state index in [4.69, 9.17) is 0 Å². The van der Waals surface area contributed by atoms with Gasteiger partial charge in [0.2, 0.25) is 0 Å². The van der Waals surface area contributed by atoms with Crippen molar-refractivity contribution in [1.29, 1.82) is 0 Å². The third-order valence-corrected chi connectivity index (χ3v) is 2.96. The number of nitrogens with zero attached hydrogens (tertiary/aromatic N) is 1. The number of hydrogen-bond donors (Lipinski definition) is 2. The molecule has 0 unspecified atom stereocenters. The lowest BCUT2D eigenvalue weighted by molar-refractivity contribution is -0.120. The first kappa shape index (κ1) is 16.9. The number of rotatable bonds is 8. The third kappa shape index (κ3) is 7.25. The molecule has 2 N–H and O–H groups in total. The summed E-state index contributed by atoms with van der Waals surface area (Å²) in [6.45, 7) is 3.95. The van der Waals surface area contributed by atoms with Crippen molar-refractivity contribution in [2.24, 2.45) is 5.10 Å². The molecule has 1 rings (SSSR count). The van der Waals surface area contributed by atoms with Crippen molar-refractivity contribution < 1.29 is 9.59 Å². The molecule has 2 amide bonds. The summed E-state index contributed by atoms with van der Waals surface area (Å²) < 4.78 is 0. The summed E-state index contributed by atoms with van der Waals surface area (Å²) >= 11 is 0. The molecule has 21 heavy (non-hydrogen) atoms. The van der Waals surface area contributed by atoms with Crippen LogP contribution in [-0.4, -0.2) is 24.1 Å². The fourth-order valence-electron chi connectivity index (χ4n) is 1.74. The van der Waals surface area contributed by atoms with E-state index in [1.165, 1.54) is 0 Å². The molecular formula is C16H23N3O2. The molecule has 0 fully saturated rings. The molecule has 0 heterocycles. The highest BCUT2D eigenvalue weighted by atomic mass is 16.2. The van der Waals surface area contributed by atoms with Crippen molar-refractivity contribution in [3.05, 3.63) is 35.9 Å². The number of amides is 2. The van der Waals surface area contributed by atoms with Gasteiger partial charge in [-0.15, -0.1) is 0 Å². The minimum absolute atomic E-state index is 0.0839. The van der Waals surface area contributed by atoms with E-state index < -0.39 is 0 Å². The van der Waals surface area contributed by atoms with Crippen molar-refractivity contribution in [2.45, 2.75) is 39.5 Å². The summed E-state index contributed by atoms with van der Waals surface area (Å²) in [5.74, 6) is -0.594. The second-order valence-electron chi connectivity index (χ2n) is 4.89. The van der Waals surface area contributed by atoms with Crippen molar-refractivity contribution in [1.82, 2.24) is 10.7 Å².